The molecule has 1 aromatic rings. The Morgan fingerprint density at radius 1 is 1.36 bits per heavy atom. The summed E-state index contributed by atoms with van der Waals surface area (Å²) in [5.41, 5.74) is 0.515. The number of rotatable bonds is 2. The minimum Gasteiger partial charge on any atom is -0.294 e. The fourth-order valence-electron chi connectivity index (χ4n) is 0.780. The molecule has 0 aromatic heterocycles. The Labute approximate surface area is 64.9 Å². The summed E-state index contributed by atoms with van der Waals surface area (Å²) in [7, 11) is 0. The zero-order chi connectivity index (χ0) is 8.27. The SMILES string of the molecule is [CH2]CC(=O)c1ccc(F)cc1. The quantitative estimate of drug-likeness (QED) is 0.592. The summed E-state index contributed by atoms with van der Waals surface area (Å²) >= 11 is 0. The summed E-state index contributed by atoms with van der Waals surface area (Å²) in [4.78, 5) is 10.9. The van der Waals surface area contributed by atoms with Crippen LogP contribution >= 0.6 is 0 Å². The predicted octanol–water partition coefficient (Wildman–Crippen LogP) is 2.23. The van der Waals surface area contributed by atoms with Gasteiger partial charge in [-0.3, -0.25) is 4.79 Å². The highest BCUT2D eigenvalue weighted by atomic mass is 19.1. The summed E-state index contributed by atoms with van der Waals surface area (Å²) in [5.74, 6) is -0.393. The maximum absolute atomic E-state index is 12.3. The Morgan fingerprint density at radius 2 is 1.91 bits per heavy atom. The summed E-state index contributed by atoms with van der Waals surface area (Å²) in [6.07, 6.45) is 0.214. The zero-order valence-corrected chi connectivity index (χ0v) is 6.01. The van der Waals surface area contributed by atoms with Crippen molar-refractivity contribution in [3.8, 4) is 0 Å². The normalized spacial score (nSPS) is 9.64. The van der Waals surface area contributed by atoms with Gasteiger partial charge >= 0.3 is 0 Å². The second-order valence-corrected chi connectivity index (χ2v) is 2.18. The molecule has 0 saturated heterocycles. The number of halogens is 1. The summed E-state index contributed by atoms with van der Waals surface area (Å²) in [6.45, 7) is 3.44. The molecule has 0 aliphatic heterocycles. The van der Waals surface area contributed by atoms with E-state index in [1.807, 2.05) is 0 Å². The summed E-state index contributed by atoms with van der Waals surface area (Å²) < 4.78 is 12.3. The van der Waals surface area contributed by atoms with Crippen molar-refractivity contribution in [1.82, 2.24) is 0 Å². The first-order valence-electron chi connectivity index (χ1n) is 3.32. The van der Waals surface area contributed by atoms with Crippen LogP contribution in [0.4, 0.5) is 4.39 Å². The highest BCUT2D eigenvalue weighted by Gasteiger charge is 2.00. The lowest BCUT2D eigenvalue weighted by atomic mass is 10.1. The monoisotopic (exact) mass is 151 g/mol. The van der Waals surface area contributed by atoms with Crippen LogP contribution in [-0.4, -0.2) is 5.78 Å². The first-order chi connectivity index (χ1) is 5.24. The Bertz CT molecular complexity index is 251. The average Bonchev–Trinajstić information content (AvgIpc) is 2.05. The highest BCUT2D eigenvalue weighted by molar-refractivity contribution is 5.96. The lowest BCUT2D eigenvalue weighted by molar-refractivity contribution is 0.0995. The molecule has 11 heavy (non-hydrogen) atoms. The number of carbonyl (C=O) groups excluding carboxylic acids is 1. The molecule has 2 heteroatoms. The Balaban J connectivity index is 2.90. The van der Waals surface area contributed by atoms with Crippen molar-refractivity contribution in [2.24, 2.45) is 0 Å². The van der Waals surface area contributed by atoms with E-state index in [2.05, 4.69) is 6.92 Å². The van der Waals surface area contributed by atoms with E-state index in [1.54, 1.807) is 0 Å². The number of Topliss-reactive ketones (excluding diaryl/α,β-unsaturated/α-hetero) is 1. The number of ketones is 1. The van der Waals surface area contributed by atoms with Gasteiger partial charge in [-0.15, -0.1) is 0 Å². The second kappa shape index (κ2) is 3.28. The molecule has 1 rings (SSSR count). The van der Waals surface area contributed by atoms with Crippen molar-refractivity contribution < 1.29 is 9.18 Å². The van der Waals surface area contributed by atoms with Crippen LogP contribution in [0.25, 0.3) is 0 Å². The third-order valence-corrected chi connectivity index (χ3v) is 1.39. The van der Waals surface area contributed by atoms with Gasteiger partial charge in [-0.2, -0.15) is 0 Å². The molecule has 0 saturated carbocycles. The number of benzene rings is 1. The molecule has 0 atom stereocenters. The second-order valence-electron chi connectivity index (χ2n) is 2.18. The van der Waals surface area contributed by atoms with Crippen LogP contribution in [0.2, 0.25) is 0 Å². The van der Waals surface area contributed by atoms with Crippen LogP contribution in [-0.2, 0) is 0 Å². The van der Waals surface area contributed by atoms with Gasteiger partial charge in [0.25, 0.3) is 0 Å². The molecule has 0 aliphatic carbocycles. The van der Waals surface area contributed by atoms with Gasteiger partial charge in [0.1, 0.15) is 5.82 Å². The van der Waals surface area contributed by atoms with Crippen LogP contribution in [0.5, 0.6) is 0 Å². The third-order valence-electron chi connectivity index (χ3n) is 1.39. The molecule has 0 amide bonds. The smallest absolute Gasteiger partial charge is 0.162 e. The molecule has 0 unspecified atom stereocenters. The van der Waals surface area contributed by atoms with E-state index >= 15 is 0 Å². The molecule has 0 spiro atoms. The summed E-state index contributed by atoms with van der Waals surface area (Å²) in [6, 6.07) is 5.46. The molecule has 0 fully saturated rings. The van der Waals surface area contributed by atoms with E-state index in [4.69, 9.17) is 0 Å². The predicted molar refractivity (Wildman–Crippen MR) is 40.7 cm³/mol. The number of hydrogen-bond acceptors (Lipinski definition) is 1. The molecule has 0 heterocycles. The van der Waals surface area contributed by atoms with E-state index in [0.29, 0.717) is 5.56 Å². The Morgan fingerprint density at radius 3 is 2.36 bits per heavy atom. The lowest BCUT2D eigenvalue weighted by Crippen LogP contribution is -1.95. The largest absolute Gasteiger partial charge is 0.294 e. The van der Waals surface area contributed by atoms with Crippen molar-refractivity contribution in [2.75, 3.05) is 0 Å². The van der Waals surface area contributed by atoms with Crippen LogP contribution in [0.3, 0.4) is 0 Å². The number of carbonyl (C=O) groups is 1. The van der Waals surface area contributed by atoms with Crippen LogP contribution in [0, 0.1) is 12.7 Å². The Hall–Kier alpha value is -1.18. The number of hydrogen-bond donors (Lipinski definition) is 0. The van der Waals surface area contributed by atoms with Crippen molar-refractivity contribution in [1.29, 1.82) is 0 Å². The van der Waals surface area contributed by atoms with Crippen LogP contribution in [0.15, 0.2) is 24.3 Å². The van der Waals surface area contributed by atoms with Gasteiger partial charge < -0.3 is 0 Å². The maximum atomic E-state index is 12.3. The van der Waals surface area contributed by atoms with Gasteiger partial charge in [-0.05, 0) is 31.2 Å². The van der Waals surface area contributed by atoms with Gasteiger partial charge in [0.2, 0.25) is 0 Å². The maximum Gasteiger partial charge on any atom is 0.162 e. The first kappa shape index (κ1) is 7.92. The molecular weight excluding hydrogens is 143 g/mol. The standard InChI is InChI=1S/C9H8FO/c1-2-9(11)7-3-5-8(10)6-4-7/h3-6H,1-2H2. The molecule has 0 aliphatic rings. The topological polar surface area (TPSA) is 17.1 Å². The zero-order valence-electron chi connectivity index (χ0n) is 6.01. The van der Waals surface area contributed by atoms with Gasteiger partial charge in [0.05, 0.1) is 0 Å². The van der Waals surface area contributed by atoms with E-state index in [-0.39, 0.29) is 18.0 Å². The average molecular weight is 151 g/mol. The van der Waals surface area contributed by atoms with E-state index in [0.717, 1.165) is 0 Å². The van der Waals surface area contributed by atoms with E-state index in [1.165, 1.54) is 24.3 Å². The summed E-state index contributed by atoms with van der Waals surface area (Å²) in [5, 5.41) is 0. The Kier molecular flexibility index (Phi) is 2.36. The van der Waals surface area contributed by atoms with Crippen molar-refractivity contribution >= 4 is 5.78 Å². The fourth-order valence-corrected chi connectivity index (χ4v) is 0.780. The molecule has 0 bridgehead atoms. The van der Waals surface area contributed by atoms with Crippen LogP contribution < -0.4 is 0 Å². The molecule has 1 radical (unpaired) electrons. The first-order valence-corrected chi connectivity index (χ1v) is 3.32. The highest BCUT2D eigenvalue weighted by Crippen LogP contribution is 2.04. The molecule has 0 N–H and O–H groups in total. The third kappa shape index (κ3) is 1.87. The molecule has 1 aromatic carbocycles. The van der Waals surface area contributed by atoms with Crippen LogP contribution in [0.1, 0.15) is 16.8 Å². The minimum atomic E-state index is -0.328. The van der Waals surface area contributed by atoms with Crippen molar-refractivity contribution in [2.45, 2.75) is 6.42 Å². The fraction of sp³-hybridized carbons (Fsp3) is 0.111. The molecule has 57 valence electrons. The van der Waals surface area contributed by atoms with Gasteiger partial charge in [-0.1, -0.05) is 0 Å². The van der Waals surface area contributed by atoms with Crippen molar-refractivity contribution in [3.63, 3.8) is 0 Å². The molecular formula is C9H8FO. The van der Waals surface area contributed by atoms with Crippen molar-refractivity contribution in [3.05, 3.63) is 42.6 Å². The van der Waals surface area contributed by atoms with Gasteiger partial charge in [0.15, 0.2) is 5.78 Å². The van der Waals surface area contributed by atoms with Gasteiger partial charge in [0, 0.05) is 12.0 Å². The van der Waals surface area contributed by atoms with E-state index < -0.39 is 0 Å². The minimum absolute atomic E-state index is 0.0648. The van der Waals surface area contributed by atoms with Gasteiger partial charge in [-0.25, -0.2) is 4.39 Å². The van der Waals surface area contributed by atoms with E-state index in [9.17, 15) is 9.18 Å². The molecule has 1 nitrogen and oxygen atoms in total. The lowest BCUT2D eigenvalue weighted by Gasteiger charge is -1.95.